The summed E-state index contributed by atoms with van der Waals surface area (Å²) in [4.78, 5) is 26.6. The van der Waals surface area contributed by atoms with E-state index in [2.05, 4.69) is 41.4 Å². The second-order valence-corrected chi connectivity index (χ2v) is 11.6. The molecule has 3 aliphatic heterocycles. The van der Waals surface area contributed by atoms with E-state index < -0.39 is 11.7 Å². The zero-order chi connectivity index (χ0) is 25.0. The maximum atomic E-state index is 14.7. The lowest BCUT2D eigenvalue weighted by molar-refractivity contribution is -0.120. The lowest BCUT2D eigenvalue weighted by Crippen LogP contribution is -2.51. The van der Waals surface area contributed by atoms with Crippen LogP contribution in [0.2, 0.25) is 0 Å². The van der Waals surface area contributed by atoms with Gasteiger partial charge in [-0.2, -0.15) is 0 Å². The molecule has 1 aromatic rings. The molecule has 4 heterocycles. The highest BCUT2D eigenvalue weighted by atomic mass is 32.2. The van der Waals surface area contributed by atoms with Gasteiger partial charge in [-0.15, -0.1) is 0 Å². The molecule has 1 amide bonds. The van der Waals surface area contributed by atoms with Gasteiger partial charge in [0.1, 0.15) is 18.3 Å². The van der Waals surface area contributed by atoms with Gasteiger partial charge < -0.3 is 15.4 Å². The monoisotopic (exact) mass is 497 g/mol. The van der Waals surface area contributed by atoms with Gasteiger partial charge in [0.25, 0.3) is 0 Å². The van der Waals surface area contributed by atoms with Crippen molar-refractivity contribution in [3.8, 4) is 0 Å². The van der Waals surface area contributed by atoms with Gasteiger partial charge >= 0.3 is 0 Å². The van der Waals surface area contributed by atoms with Crippen molar-refractivity contribution in [1.82, 2.24) is 15.3 Å². The van der Waals surface area contributed by atoms with E-state index in [9.17, 15) is 9.18 Å². The second-order valence-electron chi connectivity index (χ2n) is 10.6. The molecule has 0 aromatic carbocycles. The van der Waals surface area contributed by atoms with Crippen LogP contribution in [0.1, 0.15) is 59.1 Å². The molecule has 4 aliphatic rings. The fraction of sp³-hybridized carbons (Fsp3) is 0.538. The summed E-state index contributed by atoms with van der Waals surface area (Å²) in [7, 11) is 0. The summed E-state index contributed by atoms with van der Waals surface area (Å²) in [6.45, 7) is 10.8. The molecule has 1 aliphatic carbocycles. The van der Waals surface area contributed by atoms with Crippen LogP contribution in [0.3, 0.4) is 0 Å². The molecule has 4 atom stereocenters. The highest BCUT2D eigenvalue weighted by Crippen LogP contribution is 2.52. The number of rotatable bonds is 5. The summed E-state index contributed by atoms with van der Waals surface area (Å²) >= 11 is 1.66. The average molecular weight is 498 g/mol. The maximum absolute atomic E-state index is 14.7. The Morgan fingerprint density at radius 2 is 2.11 bits per heavy atom. The number of nitrogens with one attached hydrogen (secondary N) is 2. The summed E-state index contributed by atoms with van der Waals surface area (Å²) in [5, 5.41) is 7.20. The highest BCUT2D eigenvalue weighted by molar-refractivity contribution is 8.14. The van der Waals surface area contributed by atoms with Crippen molar-refractivity contribution in [3.05, 3.63) is 47.1 Å². The summed E-state index contributed by atoms with van der Waals surface area (Å²) in [5.74, 6) is 0.950. The Morgan fingerprint density at radius 3 is 2.86 bits per heavy atom. The normalized spacial score (nSPS) is 30.6. The molecule has 35 heavy (non-hydrogen) atoms. The fourth-order valence-corrected chi connectivity index (χ4v) is 6.51. The molecular weight excluding hydrogens is 465 g/mol. The van der Waals surface area contributed by atoms with Gasteiger partial charge in [-0.1, -0.05) is 30.8 Å². The van der Waals surface area contributed by atoms with Crippen molar-refractivity contribution in [1.29, 1.82) is 0 Å². The highest BCUT2D eigenvalue weighted by Gasteiger charge is 2.44. The van der Waals surface area contributed by atoms with Crippen molar-refractivity contribution >= 4 is 28.5 Å². The lowest BCUT2D eigenvalue weighted by atomic mass is 9.80. The van der Waals surface area contributed by atoms with Crippen molar-refractivity contribution < 1.29 is 13.9 Å². The molecule has 2 N–H and O–H groups in total. The van der Waals surface area contributed by atoms with Gasteiger partial charge in [0.15, 0.2) is 0 Å². The van der Waals surface area contributed by atoms with E-state index in [0.29, 0.717) is 19.6 Å². The predicted octanol–water partition coefficient (Wildman–Crippen LogP) is 4.70. The molecule has 0 saturated heterocycles. The molecule has 0 fully saturated rings. The first-order valence-corrected chi connectivity index (χ1v) is 12.9. The molecule has 9 heteroatoms. The topological polar surface area (TPSA) is 88.5 Å². The molecule has 4 unspecified atom stereocenters. The Balaban J connectivity index is 1.28. The van der Waals surface area contributed by atoms with E-state index in [1.165, 1.54) is 12.5 Å². The number of aromatic nitrogens is 2. The molecule has 0 saturated carbocycles. The van der Waals surface area contributed by atoms with Crippen LogP contribution in [0, 0.1) is 5.92 Å². The Bertz CT molecular complexity index is 1190. The van der Waals surface area contributed by atoms with Gasteiger partial charge in [0, 0.05) is 25.6 Å². The largest absolute Gasteiger partial charge is 0.371 e. The van der Waals surface area contributed by atoms with Crippen LogP contribution < -0.4 is 10.6 Å². The first-order chi connectivity index (χ1) is 16.6. The summed E-state index contributed by atoms with van der Waals surface area (Å²) in [5.41, 5.74) is 3.14. The first kappa shape index (κ1) is 24.2. The van der Waals surface area contributed by atoms with Crippen molar-refractivity contribution in [3.63, 3.8) is 0 Å². The van der Waals surface area contributed by atoms with E-state index in [1.54, 1.807) is 37.2 Å². The quantitative estimate of drug-likeness (QED) is 0.613. The number of alkyl halides is 1. The number of carbonyl (C=O) groups is 1. The molecule has 0 spiro atoms. The van der Waals surface area contributed by atoms with E-state index >= 15 is 0 Å². The van der Waals surface area contributed by atoms with Gasteiger partial charge in [-0.05, 0) is 50.3 Å². The Kier molecular flexibility index (Phi) is 6.12. The average Bonchev–Trinajstić information content (AvgIpc) is 3.14. The number of aliphatic imine (C=N–C) groups is 1. The summed E-state index contributed by atoms with van der Waals surface area (Å²) in [6.07, 6.45) is 6.99. The van der Waals surface area contributed by atoms with E-state index in [-0.39, 0.29) is 23.3 Å². The van der Waals surface area contributed by atoms with Crippen molar-refractivity contribution in [2.24, 2.45) is 10.9 Å². The van der Waals surface area contributed by atoms with Crippen LogP contribution >= 0.6 is 11.8 Å². The van der Waals surface area contributed by atoms with Gasteiger partial charge in [0.2, 0.25) is 5.91 Å². The fourth-order valence-electron chi connectivity index (χ4n) is 5.20. The number of carbonyl (C=O) groups excluding carboxylic acids is 1. The number of allylic oxidation sites excluding steroid dienone is 1. The third-order valence-electron chi connectivity index (χ3n) is 7.20. The third kappa shape index (κ3) is 4.56. The van der Waals surface area contributed by atoms with Crippen LogP contribution in [-0.4, -0.2) is 51.4 Å². The number of thioether (sulfide) groups is 1. The molecule has 186 valence electrons. The minimum absolute atomic E-state index is 0.129. The number of fused-ring (bicyclic) bond motifs is 3. The van der Waals surface area contributed by atoms with Crippen molar-refractivity contribution in [2.75, 3.05) is 18.5 Å². The molecular formula is C26H32FN5O2S. The Morgan fingerprint density at radius 1 is 1.31 bits per heavy atom. The maximum Gasteiger partial charge on any atom is 0.217 e. The molecule has 7 nitrogen and oxygen atoms in total. The zero-order valence-electron chi connectivity index (χ0n) is 20.8. The lowest BCUT2D eigenvalue weighted by Gasteiger charge is -2.38. The van der Waals surface area contributed by atoms with Gasteiger partial charge in [-0.3, -0.25) is 4.79 Å². The SMILES string of the molecule is CC(=O)NC1(C)C=CC(CCNc2ncnc3c2SC2=NC4=C(COC(C)(C)C4)C(C)C23)=CC1F. The number of amides is 1. The Labute approximate surface area is 209 Å². The van der Waals surface area contributed by atoms with Crippen LogP contribution in [0.25, 0.3) is 0 Å². The third-order valence-corrected chi connectivity index (χ3v) is 8.37. The van der Waals surface area contributed by atoms with E-state index in [0.717, 1.165) is 39.1 Å². The van der Waals surface area contributed by atoms with E-state index in [4.69, 9.17) is 9.73 Å². The van der Waals surface area contributed by atoms with Crippen LogP contribution in [0.4, 0.5) is 10.2 Å². The summed E-state index contributed by atoms with van der Waals surface area (Å²) in [6, 6.07) is 0. The number of nitrogens with zero attached hydrogens (tertiary/aromatic N) is 3. The number of hydrogen-bond acceptors (Lipinski definition) is 7. The van der Waals surface area contributed by atoms with Gasteiger partial charge in [-0.25, -0.2) is 19.4 Å². The zero-order valence-corrected chi connectivity index (χ0v) is 21.6. The second kappa shape index (κ2) is 8.85. The van der Waals surface area contributed by atoms with Crippen LogP contribution in [0.5, 0.6) is 0 Å². The number of anilines is 1. The van der Waals surface area contributed by atoms with Crippen LogP contribution in [-0.2, 0) is 9.53 Å². The standard InChI is InChI=1S/C26H32FN5O2S/c1-14-17-12-34-25(3,4)11-18(17)31-24-20(14)21-22(35-24)23(30-13-29-21)28-9-7-16-6-8-26(5,19(27)10-16)32-15(2)33/h6,8,10,13-14,19-20H,7,9,11-12H2,1-5H3,(H,32,33)(H,28,29,30). The summed E-state index contributed by atoms with van der Waals surface area (Å²) < 4.78 is 20.8. The van der Waals surface area contributed by atoms with Crippen LogP contribution in [0.15, 0.2) is 51.3 Å². The molecule has 0 bridgehead atoms. The first-order valence-electron chi connectivity index (χ1n) is 12.1. The number of hydrogen-bond donors (Lipinski definition) is 2. The minimum Gasteiger partial charge on any atom is -0.371 e. The van der Waals surface area contributed by atoms with Crippen molar-refractivity contribution in [2.45, 2.75) is 75.6 Å². The smallest absolute Gasteiger partial charge is 0.217 e. The Hall–Kier alpha value is -2.52. The molecule has 5 rings (SSSR count). The number of halogens is 1. The predicted molar refractivity (Wildman–Crippen MR) is 136 cm³/mol. The minimum atomic E-state index is -1.28. The number of ether oxygens (including phenoxy) is 1. The molecule has 0 radical (unpaired) electrons. The van der Waals surface area contributed by atoms with Gasteiger partial charge in [0.05, 0.1) is 39.3 Å². The van der Waals surface area contributed by atoms with E-state index in [1.807, 2.05) is 6.08 Å². The molecule has 1 aromatic heterocycles.